The molecular weight excluding hydrogens is 338 g/mol. The van der Waals surface area contributed by atoms with Crippen molar-refractivity contribution in [3.63, 3.8) is 0 Å². The lowest BCUT2D eigenvalue weighted by Gasteiger charge is -2.08. The number of hydrogen-bond acceptors (Lipinski definition) is 3. The Morgan fingerprint density at radius 2 is 1.56 bits per heavy atom. The van der Waals surface area contributed by atoms with Crippen molar-refractivity contribution in [1.29, 1.82) is 0 Å². The molecule has 5 heteroatoms. The zero-order valence-corrected chi connectivity index (χ0v) is 14.8. The molecule has 3 aromatic carbocycles. The van der Waals surface area contributed by atoms with E-state index in [2.05, 4.69) is 15.6 Å². The third kappa shape index (κ3) is 3.77. The highest BCUT2D eigenvalue weighted by Crippen LogP contribution is 2.23. The lowest BCUT2D eigenvalue weighted by atomic mass is 10.2. The van der Waals surface area contributed by atoms with Gasteiger partial charge in [0.1, 0.15) is 11.4 Å². The molecule has 0 fully saturated rings. The van der Waals surface area contributed by atoms with Crippen LogP contribution in [0.4, 0.5) is 17.1 Å². The van der Waals surface area contributed by atoms with Crippen molar-refractivity contribution >= 4 is 33.9 Å². The minimum atomic E-state index is -0.186. The van der Waals surface area contributed by atoms with Crippen LogP contribution in [-0.4, -0.2) is 18.0 Å². The lowest BCUT2D eigenvalue weighted by Crippen LogP contribution is -2.12. The largest absolute Gasteiger partial charge is 0.497 e. The van der Waals surface area contributed by atoms with E-state index in [4.69, 9.17) is 4.74 Å². The average Bonchev–Trinajstić information content (AvgIpc) is 3.13. The van der Waals surface area contributed by atoms with Crippen LogP contribution in [0.25, 0.3) is 10.9 Å². The monoisotopic (exact) mass is 357 g/mol. The molecule has 0 unspecified atom stereocenters. The number of ether oxygens (including phenoxy) is 1. The van der Waals surface area contributed by atoms with E-state index in [-0.39, 0.29) is 5.91 Å². The first kappa shape index (κ1) is 16.7. The minimum Gasteiger partial charge on any atom is -0.497 e. The Morgan fingerprint density at radius 3 is 2.30 bits per heavy atom. The second-order valence-corrected chi connectivity index (χ2v) is 6.16. The van der Waals surface area contributed by atoms with Crippen molar-refractivity contribution in [2.75, 3.05) is 17.7 Å². The molecule has 1 aromatic heterocycles. The van der Waals surface area contributed by atoms with Crippen molar-refractivity contribution in [2.24, 2.45) is 0 Å². The molecule has 4 aromatic rings. The minimum absolute atomic E-state index is 0.186. The Bertz CT molecular complexity index is 1070. The molecule has 0 bridgehead atoms. The number of nitrogens with one attached hydrogen (secondary N) is 3. The van der Waals surface area contributed by atoms with Crippen molar-refractivity contribution in [2.45, 2.75) is 0 Å². The van der Waals surface area contributed by atoms with Crippen LogP contribution in [0.3, 0.4) is 0 Å². The highest BCUT2D eigenvalue weighted by atomic mass is 16.5. The van der Waals surface area contributed by atoms with Gasteiger partial charge >= 0.3 is 0 Å². The maximum atomic E-state index is 12.5. The van der Waals surface area contributed by atoms with Gasteiger partial charge in [-0.05, 0) is 60.7 Å². The number of benzene rings is 3. The van der Waals surface area contributed by atoms with E-state index >= 15 is 0 Å². The van der Waals surface area contributed by atoms with Gasteiger partial charge in [0, 0.05) is 28.0 Å². The molecule has 0 radical (unpaired) electrons. The van der Waals surface area contributed by atoms with Gasteiger partial charge in [-0.15, -0.1) is 0 Å². The summed E-state index contributed by atoms with van der Waals surface area (Å²) in [5.74, 6) is 0.573. The molecule has 27 heavy (non-hydrogen) atoms. The lowest BCUT2D eigenvalue weighted by molar-refractivity contribution is 0.102. The molecule has 0 spiro atoms. The zero-order valence-electron chi connectivity index (χ0n) is 14.8. The number of para-hydroxylation sites is 1. The highest BCUT2D eigenvalue weighted by Gasteiger charge is 2.10. The van der Waals surface area contributed by atoms with Crippen LogP contribution in [0.1, 0.15) is 10.5 Å². The van der Waals surface area contributed by atoms with Gasteiger partial charge in [0.05, 0.1) is 7.11 Å². The van der Waals surface area contributed by atoms with Crippen molar-refractivity contribution < 1.29 is 9.53 Å². The molecule has 1 amide bonds. The molecule has 3 N–H and O–H groups in total. The summed E-state index contributed by atoms with van der Waals surface area (Å²) >= 11 is 0. The highest BCUT2D eigenvalue weighted by molar-refractivity contribution is 6.06. The van der Waals surface area contributed by atoms with Gasteiger partial charge in [-0.2, -0.15) is 0 Å². The third-order valence-corrected chi connectivity index (χ3v) is 4.28. The van der Waals surface area contributed by atoms with Gasteiger partial charge < -0.3 is 20.4 Å². The van der Waals surface area contributed by atoms with E-state index in [1.807, 2.05) is 78.9 Å². The van der Waals surface area contributed by atoms with E-state index in [1.165, 1.54) is 0 Å². The number of aromatic amines is 1. The molecule has 134 valence electrons. The Morgan fingerprint density at radius 1 is 0.852 bits per heavy atom. The molecule has 4 rings (SSSR count). The van der Waals surface area contributed by atoms with Crippen LogP contribution in [0.5, 0.6) is 5.75 Å². The number of H-pyrrole nitrogens is 1. The maximum Gasteiger partial charge on any atom is 0.272 e. The second kappa shape index (κ2) is 7.25. The number of fused-ring (bicyclic) bond motifs is 1. The van der Waals surface area contributed by atoms with Gasteiger partial charge in [0.25, 0.3) is 5.91 Å². The summed E-state index contributed by atoms with van der Waals surface area (Å²) in [5.41, 5.74) is 4.10. The number of methoxy groups -OCH3 is 1. The van der Waals surface area contributed by atoms with Gasteiger partial charge in [0.15, 0.2) is 0 Å². The van der Waals surface area contributed by atoms with Crippen LogP contribution in [-0.2, 0) is 0 Å². The van der Waals surface area contributed by atoms with E-state index in [0.717, 1.165) is 33.7 Å². The fourth-order valence-corrected chi connectivity index (χ4v) is 2.88. The quantitative estimate of drug-likeness (QED) is 0.461. The first-order valence-corrected chi connectivity index (χ1v) is 8.61. The average molecular weight is 357 g/mol. The zero-order chi connectivity index (χ0) is 18.6. The van der Waals surface area contributed by atoms with Gasteiger partial charge in [0.2, 0.25) is 0 Å². The first-order chi connectivity index (χ1) is 13.2. The Labute approximate surface area is 157 Å². The maximum absolute atomic E-state index is 12.5. The van der Waals surface area contributed by atoms with Crippen molar-refractivity contribution in [1.82, 2.24) is 4.98 Å². The van der Waals surface area contributed by atoms with Crippen LogP contribution >= 0.6 is 0 Å². The summed E-state index contributed by atoms with van der Waals surface area (Å²) in [6.45, 7) is 0. The Hall–Kier alpha value is -3.73. The summed E-state index contributed by atoms with van der Waals surface area (Å²) in [7, 11) is 1.62. The predicted molar refractivity (Wildman–Crippen MR) is 109 cm³/mol. The van der Waals surface area contributed by atoms with E-state index in [0.29, 0.717) is 5.69 Å². The van der Waals surface area contributed by atoms with Crippen LogP contribution in [0.2, 0.25) is 0 Å². The van der Waals surface area contributed by atoms with Crippen LogP contribution in [0, 0.1) is 0 Å². The summed E-state index contributed by atoms with van der Waals surface area (Å²) in [4.78, 5) is 15.7. The third-order valence-electron chi connectivity index (χ3n) is 4.28. The Balaban J connectivity index is 1.46. The summed E-state index contributed by atoms with van der Waals surface area (Å²) in [6, 6.07) is 25.0. The molecule has 1 heterocycles. The molecule has 0 aliphatic carbocycles. The number of carbonyl (C=O) groups excluding carboxylic acids is 1. The van der Waals surface area contributed by atoms with Gasteiger partial charge in [-0.3, -0.25) is 4.79 Å². The molecule has 0 saturated carbocycles. The number of carbonyl (C=O) groups is 1. The summed E-state index contributed by atoms with van der Waals surface area (Å²) in [6.07, 6.45) is 0. The van der Waals surface area contributed by atoms with Gasteiger partial charge in [-0.25, -0.2) is 0 Å². The smallest absolute Gasteiger partial charge is 0.272 e. The Kier molecular flexibility index (Phi) is 4.49. The molecule has 0 aliphatic heterocycles. The first-order valence-electron chi connectivity index (χ1n) is 8.61. The normalized spacial score (nSPS) is 10.6. The fraction of sp³-hybridized carbons (Fsp3) is 0.0455. The summed E-state index contributed by atoms with van der Waals surface area (Å²) < 4.78 is 5.22. The topological polar surface area (TPSA) is 66.2 Å². The number of rotatable bonds is 5. The van der Waals surface area contributed by atoms with E-state index in [1.54, 1.807) is 7.11 Å². The van der Waals surface area contributed by atoms with Gasteiger partial charge in [-0.1, -0.05) is 18.2 Å². The predicted octanol–water partition coefficient (Wildman–Crippen LogP) is 5.17. The standard InChI is InChI=1S/C22H19N3O2/c1-27-19-11-12-20-15(13-19)14-21(25-20)22(26)24-18-9-7-17(8-10-18)23-16-5-3-2-4-6-16/h2-14,23,25H,1H3,(H,24,26). The van der Waals surface area contributed by atoms with Crippen LogP contribution < -0.4 is 15.4 Å². The fourth-order valence-electron chi connectivity index (χ4n) is 2.88. The molecule has 0 atom stereocenters. The van der Waals surface area contributed by atoms with Crippen molar-refractivity contribution in [3.05, 3.63) is 84.6 Å². The van der Waals surface area contributed by atoms with E-state index in [9.17, 15) is 4.79 Å². The number of aromatic nitrogens is 1. The SMILES string of the molecule is COc1ccc2[nH]c(C(=O)Nc3ccc(Nc4ccccc4)cc3)cc2c1. The summed E-state index contributed by atoms with van der Waals surface area (Å²) in [5, 5.41) is 7.16. The van der Waals surface area contributed by atoms with E-state index < -0.39 is 0 Å². The molecule has 0 aliphatic rings. The van der Waals surface area contributed by atoms with Crippen molar-refractivity contribution in [3.8, 4) is 5.75 Å². The number of amides is 1. The molecular formula is C22H19N3O2. The molecule has 0 saturated heterocycles. The molecule has 5 nitrogen and oxygen atoms in total. The van der Waals surface area contributed by atoms with Crippen LogP contribution in [0.15, 0.2) is 78.9 Å². The second-order valence-electron chi connectivity index (χ2n) is 6.16. The number of hydrogen-bond donors (Lipinski definition) is 3. The number of anilines is 3.